The van der Waals surface area contributed by atoms with Crippen molar-refractivity contribution < 1.29 is 23.9 Å². The number of amides is 3. The predicted octanol–water partition coefficient (Wildman–Crippen LogP) is 0.291. The molecule has 1 saturated heterocycles. The van der Waals surface area contributed by atoms with Crippen molar-refractivity contribution >= 4 is 23.9 Å². The summed E-state index contributed by atoms with van der Waals surface area (Å²) in [5, 5.41) is 6.23. The number of hydrazone groups is 1. The smallest absolute Gasteiger partial charge is 0.329 e. The van der Waals surface area contributed by atoms with E-state index in [0.717, 1.165) is 25.9 Å². The summed E-state index contributed by atoms with van der Waals surface area (Å²) in [6, 6.07) is 6.94. The lowest BCUT2D eigenvalue weighted by atomic mass is 10.2. The van der Waals surface area contributed by atoms with Crippen molar-refractivity contribution in [1.29, 1.82) is 0 Å². The predicted molar refractivity (Wildman–Crippen MR) is 103 cm³/mol. The first-order chi connectivity index (χ1) is 13.6. The normalized spacial score (nSPS) is 13.5. The molecule has 152 valence electrons. The Kier molecular flexibility index (Phi) is 8.93. The number of carbonyl (C=O) groups is 3. The molecule has 0 aliphatic carbocycles. The lowest BCUT2D eigenvalue weighted by molar-refractivity contribution is -0.139. The van der Waals surface area contributed by atoms with Crippen LogP contribution in [0.2, 0.25) is 0 Å². The summed E-state index contributed by atoms with van der Waals surface area (Å²) in [6.45, 7) is 2.41. The van der Waals surface area contributed by atoms with E-state index in [0.29, 0.717) is 30.9 Å². The van der Waals surface area contributed by atoms with Gasteiger partial charge in [0.15, 0.2) is 6.61 Å². The number of rotatable bonds is 9. The number of ether oxygens (including phenoxy) is 2. The van der Waals surface area contributed by atoms with E-state index in [1.807, 2.05) is 0 Å². The van der Waals surface area contributed by atoms with Crippen molar-refractivity contribution in [3.05, 3.63) is 29.8 Å². The van der Waals surface area contributed by atoms with Crippen LogP contribution in [0.3, 0.4) is 0 Å². The minimum absolute atomic E-state index is 0.0133. The van der Waals surface area contributed by atoms with E-state index >= 15 is 0 Å². The second kappa shape index (κ2) is 11.7. The van der Waals surface area contributed by atoms with Gasteiger partial charge < -0.3 is 19.7 Å². The van der Waals surface area contributed by atoms with Crippen LogP contribution in [0.1, 0.15) is 24.8 Å². The molecule has 1 aliphatic rings. The lowest BCUT2D eigenvalue weighted by Gasteiger charge is -2.15. The average Bonchev–Trinajstić information content (AvgIpc) is 3.24. The van der Waals surface area contributed by atoms with E-state index in [-0.39, 0.29) is 12.5 Å². The van der Waals surface area contributed by atoms with E-state index in [4.69, 9.17) is 9.47 Å². The molecule has 2 rings (SSSR count). The quantitative estimate of drug-likeness (QED) is 0.273. The van der Waals surface area contributed by atoms with Crippen LogP contribution in [-0.2, 0) is 19.1 Å². The third-order valence-electron chi connectivity index (χ3n) is 4.08. The minimum Gasteiger partial charge on any atom is -0.484 e. The second-order valence-electron chi connectivity index (χ2n) is 6.25. The molecule has 1 heterocycles. The molecule has 0 aromatic heterocycles. The van der Waals surface area contributed by atoms with Gasteiger partial charge in [-0.15, -0.1) is 0 Å². The topological polar surface area (TPSA) is 109 Å². The number of methoxy groups -OCH3 is 1. The van der Waals surface area contributed by atoms with Crippen LogP contribution in [0, 0.1) is 0 Å². The Morgan fingerprint density at radius 2 is 2.00 bits per heavy atom. The Hall–Kier alpha value is -2.94. The first-order valence-electron chi connectivity index (χ1n) is 9.21. The van der Waals surface area contributed by atoms with E-state index in [1.165, 1.54) is 6.21 Å². The lowest BCUT2D eigenvalue weighted by Crippen LogP contribution is -2.38. The van der Waals surface area contributed by atoms with E-state index in [9.17, 15) is 14.4 Å². The van der Waals surface area contributed by atoms with Crippen molar-refractivity contribution in [3.8, 4) is 5.75 Å². The van der Waals surface area contributed by atoms with Gasteiger partial charge >= 0.3 is 11.8 Å². The highest BCUT2D eigenvalue weighted by molar-refractivity contribution is 6.35. The third-order valence-corrected chi connectivity index (χ3v) is 4.08. The Labute approximate surface area is 164 Å². The number of likely N-dealkylation sites (tertiary alicyclic amines) is 1. The molecule has 0 spiro atoms. The Morgan fingerprint density at radius 3 is 2.75 bits per heavy atom. The van der Waals surface area contributed by atoms with Gasteiger partial charge in [-0.1, -0.05) is 12.1 Å². The number of hydrogen-bond donors (Lipinski definition) is 2. The highest BCUT2D eigenvalue weighted by atomic mass is 16.5. The molecule has 0 radical (unpaired) electrons. The molecule has 0 saturated carbocycles. The van der Waals surface area contributed by atoms with Gasteiger partial charge in [0, 0.05) is 33.4 Å². The molecule has 0 bridgehead atoms. The van der Waals surface area contributed by atoms with Crippen LogP contribution >= 0.6 is 0 Å². The molecule has 0 atom stereocenters. The molecule has 1 fully saturated rings. The van der Waals surface area contributed by atoms with Gasteiger partial charge in [0.05, 0.1) is 6.21 Å². The fourth-order valence-electron chi connectivity index (χ4n) is 2.60. The fourth-order valence-corrected chi connectivity index (χ4v) is 2.60. The second-order valence-corrected chi connectivity index (χ2v) is 6.25. The number of carbonyl (C=O) groups excluding carboxylic acids is 3. The van der Waals surface area contributed by atoms with Crippen LogP contribution < -0.4 is 15.5 Å². The van der Waals surface area contributed by atoms with Crippen LogP contribution in [0.25, 0.3) is 0 Å². The highest BCUT2D eigenvalue weighted by Crippen LogP contribution is 2.13. The molecule has 9 heteroatoms. The monoisotopic (exact) mass is 390 g/mol. The first-order valence-corrected chi connectivity index (χ1v) is 9.21. The standard InChI is InChI=1S/C19H26N4O5/c1-27-11-5-8-20-18(25)19(26)22-21-13-15-6-4-7-16(12-15)28-14-17(24)23-9-2-3-10-23/h4,6-7,12-13H,2-3,5,8-11,14H2,1H3,(H,20,25)(H,22,26)/b21-13-. The average molecular weight is 390 g/mol. The molecule has 1 aliphatic heterocycles. The van der Waals surface area contributed by atoms with Gasteiger partial charge in [-0.25, -0.2) is 5.43 Å². The Balaban J connectivity index is 1.75. The first kappa shape index (κ1) is 21.4. The maximum absolute atomic E-state index is 12.0. The summed E-state index contributed by atoms with van der Waals surface area (Å²) in [6.07, 6.45) is 4.08. The maximum Gasteiger partial charge on any atom is 0.329 e. The summed E-state index contributed by atoms with van der Waals surface area (Å²) < 4.78 is 10.4. The van der Waals surface area contributed by atoms with Gasteiger partial charge in [0.2, 0.25) is 0 Å². The number of nitrogens with zero attached hydrogens (tertiary/aromatic N) is 2. The summed E-state index contributed by atoms with van der Waals surface area (Å²) in [5.74, 6) is -1.11. The summed E-state index contributed by atoms with van der Waals surface area (Å²) in [7, 11) is 1.56. The van der Waals surface area contributed by atoms with Crippen molar-refractivity contribution in [2.24, 2.45) is 5.10 Å². The Bertz CT molecular complexity index is 701. The van der Waals surface area contributed by atoms with Gasteiger partial charge in [-0.3, -0.25) is 14.4 Å². The van der Waals surface area contributed by atoms with Crippen LogP contribution in [-0.4, -0.2) is 68.8 Å². The number of hydrogen-bond acceptors (Lipinski definition) is 6. The van der Waals surface area contributed by atoms with E-state index in [1.54, 1.807) is 36.3 Å². The third kappa shape index (κ3) is 7.36. The van der Waals surface area contributed by atoms with Crippen molar-refractivity contribution in [2.45, 2.75) is 19.3 Å². The van der Waals surface area contributed by atoms with E-state index < -0.39 is 11.8 Å². The van der Waals surface area contributed by atoms with Crippen molar-refractivity contribution in [2.75, 3.05) is 40.0 Å². The SMILES string of the molecule is COCCCNC(=O)C(=O)N/N=C\c1cccc(OCC(=O)N2CCCC2)c1. The summed E-state index contributed by atoms with van der Waals surface area (Å²) >= 11 is 0. The largest absolute Gasteiger partial charge is 0.484 e. The molecule has 1 aromatic rings. The molecule has 9 nitrogen and oxygen atoms in total. The maximum atomic E-state index is 12.0. The molecule has 28 heavy (non-hydrogen) atoms. The molecular formula is C19H26N4O5. The number of nitrogens with one attached hydrogen (secondary N) is 2. The van der Waals surface area contributed by atoms with Gasteiger partial charge in [-0.2, -0.15) is 5.10 Å². The van der Waals surface area contributed by atoms with Crippen molar-refractivity contribution in [3.63, 3.8) is 0 Å². The van der Waals surface area contributed by atoms with Gasteiger partial charge in [-0.05, 0) is 37.0 Å². The minimum atomic E-state index is -0.850. The van der Waals surface area contributed by atoms with Crippen molar-refractivity contribution in [1.82, 2.24) is 15.6 Å². The summed E-state index contributed by atoms with van der Waals surface area (Å²) in [5.41, 5.74) is 2.82. The highest BCUT2D eigenvalue weighted by Gasteiger charge is 2.18. The molecule has 2 N–H and O–H groups in total. The van der Waals surface area contributed by atoms with Gasteiger partial charge in [0.25, 0.3) is 5.91 Å². The zero-order valence-corrected chi connectivity index (χ0v) is 16.0. The zero-order valence-electron chi connectivity index (χ0n) is 16.0. The fraction of sp³-hybridized carbons (Fsp3) is 0.474. The van der Waals surface area contributed by atoms with Crippen LogP contribution in [0.4, 0.5) is 0 Å². The zero-order chi connectivity index (χ0) is 20.2. The Morgan fingerprint density at radius 1 is 1.21 bits per heavy atom. The van der Waals surface area contributed by atoms with Crippen LogP contribution in [0.15, 0.2) is 29.4 Å². The van der Waals surface area contributed by atoms with Crippen LogP contribution in [0.5, 0.6) is 5.75 Å². The number of benzene rings is 1. The summed E-state index contributed by atoms with van der Waals surface area (Å²) in [4.78, 5) is 37.0. The molecule has 1 aromatic carbocycles. The van der Waals surface area contributed by atoms with E-state index in [2.05, 4.69) is 15.8 Å². The molecule has 0 unspecified atom stereocenters. The molecular weight excluding hydrogens is 364 g/mol. The van der Waals surface area contributed by atoms with Gasteiger partial charge in [0.1, 0.15) is 5.75 Å². The molecule has 3 amide bonds.